The third-order valence-electron chi connectivity index (χ3n) is 3.31. The van der Waals surface area contributed by atoms with Crippen LogP contribution in [0.5, 0.6) is 5.75 Å². The van der Waals surface area contributed by atoms with Gasteiger partial charge in [-0.25, -0.2) is 0 Å². The summed E-state index contributed by atoms with van der Waals surface area (Å²) in [7, 11) is 1.61. The van der Waals surface area contributed by atoms with Gasteiger partial charge in [0.2, 0.25) is 0 Å². The van der Waals surface area contributed by atoms with Crippen molar-refractivity contribution in [3.63, 3.8) is 0 Å². The van der Waals surface area contributed by atoms with Crippen molar-refractivity contribution in [3.05, 3.63) is 29.3 Å². The van der Waals surface area contributed by atoms with Crippen LogP contribution >= 0.6 is 0 Å². The van der Waals surface area contributed by atoms with Gasteiger partial charge in [0.05, 0.1) is 7.11 Å². The minimum absolute atomic E-state index is 0.196. The minimum Gasteiger partial charge on any atom is -0.496 e. The smallest absolute Gasteiger partial charge is 0.125 e. The molecule has 3 heteroatoms. The van der Waals surface area contributed by atoms with Crippen LogP contribution in [0.2, 0.25) is 0 Å². The molecule has 1 aromatic carbocycles. The largest absolute Gasteiger partial charge is 0.496 e. The number of aliphatic hydroxyl groups is 1. The van der Waals surface area contributed by atoms with Gasteiger partial charge in [0.15, 0.2) is 0 Å². The lowest BCUT2D eigenvalue weighted by Gasteiger charge is -2.28. The molecule has 0 saturated heterocycles. The van der Waals surface area contributed by atoms with Crippen LogP contribution in [0.15, 0.2) is 18.2 Å². The minimum atomic E-state index is -1.00. The van der Waals surface area contributed by atoms with Gasteiger partial charge in [-0.15, -0.1) is 0 Å². The second kappa shape index (κ2) is 5.52. The second-order valence-electron chi connectivity index (χ2n) is 4.70. The van der Waals surface area contributed by atoms with Gasteiger partial charge in [-0.2, -0.15) is 0 Å². The van der Waals surface area contributed by atoms with Crippen LogP contribution in [0.25, 0.3) is 0 Å². The van der Waals surface area contributed by atoms with Crippen LogP contribution in [0.1, 0.15) is 44.2 Å². The zero-order valence-corrected chi connectivity index (χ0v) is 11.2. The summed E-state index contributed by atoms with van der Waals surface area (Å²) in [5.74, 6) is 1.11. The van der Waals surface area contributed by atoms with E-state index in [2.05, 4.69) is 13.8 Å². The highest BCUT2D eigenvalue weighted by atomic mass is 16.5. The summed E-state index contributed by atoms with van der Waals surface area (Å²) in [6, 6.07) is 5.93. The maximum atomic E-state index is 10.5. The van der Waals surface area contributed by atoms with Crippen molar-refractivity contribution in [1.82, 2.24) is 0 Å². The Hall–Kier alpha value is -1.06. The van der Waals surface area contributed by atoms with E-state index in [9.17, 15) is 5.11 Å². The molecule has 0 fully saturated rings. The summed E-state index contributed by atoms with van der Waals surface area (Å²) >= 11 is 0. The SMILES string of the molecule is CCC(O)(CN)c1cc(C(C)C)ccc1OC. The maximum Gasteiger partial charge on any atom is 0.125 e. The molecule has 0 heterocycles. The fraction of sp³-hybridized carbons (Fsp3) is 0.571. The Balaban J connectivity index is 3.32. The quantitative estimate of drug-likeness (QED) is 0.826. The highest BCUT2D eigenvalue weighted by molar-refractivity contribution is 5.42. The molecule has 3 N–H and O–H groups in total. The Morgan fingerprint density at radius 1 is 1.41 bits per heavy atom. The molecule has 3 nitrogen and oxygen atoms in total. The molecule has 0 spiro atoms. The fourth-order valence-electron chi connectivity index (χ4n) is 1.89. The topological polar surface area (TPSA) is 55.5 Å². The molecule has 0 aliphatic heterocycles. The Labute approximate surface area is 104 Å². The second-order valence-corrected chi connectivity index (χ2v) is 4.70. The lowest BCUT2D eigenvalue weighted by Crippen LogP contribution is -2.34. The van der Waals surface area contributed by atoms with Gasteiger partial charge in [-0.1, -0.05) is 26.8 Å². The Kier molecular flexibility index (Phi) is 4.54. The maximum absolute atomic E-state index is 10.5. The molecule has 1 unspecified atom stereocenters. The first kappa shape index (κ1) is 14.0. The highest BCUT2D eigenvalue weighted by Crippen LogP contribution is 2.34. The van der Waals surface area contributed by atoms with E-state index < -0.39 is 5.60 Å². The molecule has 1 atom stereocenters. The average molecular weight is 237 g/mol. The van der Waals surface area contributed by atoms with Crippen molar-refractivity contribution >= 4 is 0 Å². The fourth-order valence-corrected chi connectivity index (χ4v) is 1.89. The summed E-state index contributed by atoms with van der Waals surface area (Å²) in [6.07, 6.45) is 0.571. The van der Waals surface area contributed by atoms with Gasteiger partial charge < -0.3 is 15.6 Å². The van der Waals surface area contributed by atoms with Crippen molar-refractivity contribution in [2.75, 3.05) is 13.7 Å². The third-order valence-corrected chi connectivity index (χ3v) is 3.31. The monoisotopic (exact) mass is 237 g/mol. The van der Waals surface area contributed by atoms with Crippen molar-refractivity contribution < 1.29 is 9.84 Å². The molecule has 1 rings (SSSR count). The standard InChI is InChI=1S/C14H23NO2/c1-5-14(16,9-15)12-8-11(10(2)3)6-7-13(12)17-4/h6-8,10,16H,5,9,15H2,1-4H3. The molecule has 0 aliphatic carbocycles. The van der Waals surface area contributed by atoms with Crippen LogP contribution in [-0.4, -0.2) is 18.8 Å². The van der Waals surface area contributed by atoms with Crippen LogP contribution in [0, 0.1) is 0 Å². The number of rotatable bonds is 5. The van der Waals surface area contributed by atoms with Gasteiger partial charge in [0.1, 0.15) is 11.4 Å². The first-order valence-electron chi connectivity index (χ1n) is 6.09. The molecular formula is C14H23NO2. The molecule has 0 saturated carbocycles. The van der Waals surface area contributed by atoms with Crippen LogP contribution in [0.4, 0.5) is 0 Å². The predicted octanol–water partition coefficient (Wildman–Crippen LogP) is 2.37. The summed E-state index contributed by atoms with van der Waals surface area (Å²) in [5.41, 5.74) is 6.66. The number of methoxy groups -OCH3 is 1. The van der Waals surface area contributed by atoms with E-state index in [1.54, 1.807) is 7.11 Å². The number of ether oxygens (including phenoxy) is 1. The number of nitrogens with two attached hydrogens (primary N) is 1. The van der Waals surface area contributed by atoms with Crippen LogP contribution < -0.4 is 10.5 Å². The number of hydrogen-bond donors (Lipinski definition) is 2. The number of benzene rings is 1. The first-order valence-corrected chi connectivity index (χ1v) is 6.09. The molecule has 96 valence electrons. The average Bonchev–Trinajstić information content (AvgIpc) is 2.36. The van der Waals surface area contributed by atoms with Gasteiger partial charge >= 0.3 is 0 Å². The van der Waals surface area contributed by atoms with E-state index in [0.717, 1.165) is 5.56 Å². The molecule has 0 radical (unpaired) electrons. The van der Waals surface area contributed by atoms with E-state index in [1.165, 1.54) is 5.56 Å². The van der Waals surface area contributed by atoms with Crippen LogP contribution in [0.3, 0.4) is 0 Å². The highest BCUT2D eigenvalue weighted by Gasteiger charge is 2.29. The lowest BCUT2D eigenvalue weighted by molar-refractivity contribution is 0.0393. The first-order chi connectivity index (χ1) is 7.98. The summed E-state index contributed by atoms with van der Waals surface area (Å²) in [6.45, 7) is 6.37. The van der Waals surface area contributed by atoms with Gasteiger partial charge in [0.25, 0.3) is 0 Å². The van der Waals surface area contributed by atoms with Crippen molar-refractivity contribution in [2.24, 2.45) is 5.73 Å². The van der Waals surface area contributed by atoms with E-state index in [4.69, 9.17) is 10.5 Å². The van der Waals surface area contributed by atoms with Crippen molar-refractivity contribution in [1.29, 1.82) is 0 Å². The molecule has 0 aliphatic rings. The predicted molar refractivity (Wildman–Crippen MR) is 70.3 cm³/mol. The molecule has 0 amide bonds. The summed E-state index contributed by atoms with van der Waals surface area (Å²) < 4.78 is 5.31. The van der Waals surface area contributed by atoms with E-state index in [0.29, 0.717) is 18.1 Å². The van der Waals surface area contributed by atoms with Gasteiger partial charge in [0, 0.05) is 12.1 Å². The summed E-state index contributed by atoms with van der Waals surface area (Å²) in [4.78, 5) is 0. The Morgan fingerprint density at radius 2 is 2.06 bits per heavy atom. The third kappa shape index (κ3) is 2.79. The molecule has 1 aromatic rings. The van der Waals surface area contributed by atoms with E-state index >= 15 is 0 Å². The van der Waals surface area contributed by atoms with Gasteiger partial charge in [-0.05, 0) is 30.0 Å². The molecule has 0 aromatic heterocycles. The normalized spacial score (nSPS) is 14.8. The molecule has 17 heavy (non-hydrogen) atoms. The van der Waals surface area contributed by atoms with Crippen molar-refractivity contribution in [2.45, 2.75) is 38.7 Å². The van der Waals surface area contributed by atoms with E-state index in [-0.39, 0.29) is 6.54 Å². The Bertz CT molecular complexity index is 370. The van der Waals surface area contributed by atoms with Gasteiger partial charge in [-0.3, -0.25) is 0 Å². The van der Waals surface area contributed by atoms with Crippen LogP contribution in [-0.2, 0) is 5.60 Å². The molecular weight excluding hydrogens is 214 g/mol. The number of hydrogen-bond acceptors (Lipinski definition) is 3. The zero-order chi connectivity index (χ0) is 13.1. The lowest BCUT2D eigenvalue weighted by atomic mass is 9.87. The summed E-state index contributed by atoms with van der Waals surface area (Å²) in [5, 5.41) is 10.5. The van der Waals surface area contributed by atoms with Crippen molar-refractivity contribution in [3.8, 4) is 5.75 Å². The Morgan fingerprint density at radius 3 is 2.47 bits per heavy atom. The molecule has 0 bridgehead atoms. The zero-order valence-electron chi connectivity index (χ0n) is 11.2. The van der Waals surface area contributed by atoms with E-state index in [1.807, 2.05) is 25.1 Å².